The predicted octanol–water partition coefficient (Wildman–Crippen LogP) is 3.82. The van der Waals surface area contributed by atoms with Gasteiger partial charge in [-0.05, 0) is 67.3 Å². The summed E-state index contributed by atoms with van der Waals surface area (Å²) in [6.45, 7) is 1.87. The van der Waals surface area contributed by atoms with Gasteiger partial charge in [-0.25, -0.2) is 14.4 Å². The lowest BCUT2D eigenvalue weighted by molar-refractivity contribution is -0.131. The van der Waals surface area contributed by atoms with Crippen LogP contribution < -0.4 is 0 Å². The minimum Gasteiger partial charge on any atom is -0.342 e. The molecule has 1 spiro atoms. The second-order valence-corrected chi connectivity index (χ2v) is 10.6. The number of hydrogen-bond acceptors (Lipinski definition) is 5. The van der Waals surface area contributed by atoms with E-state index in [2.05, 4.69) is 9.97 Å². The van der Waals surface area contributed by atoms with Crippen LogP contribution in [-0.2, 0) is 9.59 Å². The normalized spacial score (nSPS) is 22.5. The molecule has 36 heavy (non-hydrogen) atoms. The summed E-state index contributed by atoms with van der Waals surface area (Å²) in [5.74, 6) is 0.632. The van der Waals surface area contributed by atoms with E-state index in [9.17, 15) is 9.59 Å². The maximum Gasteiger partial charge on any atom is 0.256 e. The SMILES string of the molecule is O=C(C1CC1)N1CC[C@@H](CN2C(=O)C3(CC3)N=C2c2ccc(-c3ccc4cncnc4c3)cc2F)C1. The molecule has 3 fully saturated rings. The molecule has 1 aromatic heterocycles. The molecule has 8 heteroatoms. The first-order chi connectivity index (χ1) is 17.5. The Morgan fingerprint density at radius 3 is 2.67 bits per heavy atom. The van der Waals surface area contributed by atoms with Crippen molar-refractivity contribution in [2.24, 2.45) is 16.8 Å². The van der Waals surface area contributed by atoms with E-state index in [-0.39, 0.29) is 23.7 Å². The monoisotopic (exact) mass is 483 g/mol. The van der Waals surface area contributed by atoms with Gasteiger partial charge in [-0.3, -0.25) is 19.5 Å². The first-order valence-electron chi connectivity index (χ1n) is 12.7. The molecule has 2 aliphatic heterocycles. The van der Waals surface area contributed by atoms with Crippen LogP contribution in [0.4, 0.5) is 4.39 Å². The summed E-state index contributed by atoms with van der Waals surface area (Å²) in [7, 11) is 0. The molecule has 7 rings (SSSR count). The Morgan fingerprint density at radius 1 is 1.08 bits per heavy atom. The van der Waals surface area contributed by atoms with Crippen molar-refractivity contribution in [3.8, 4) is 11.1 Å². The van der Waals surface area contributed by atoms with Gasteiger partial charge in [-0.2, -0.15) is 0 Å². The zero-order valence-electron chi connectivity index (χ0n) is 19.9. The van der Waals surface area contributed by atoms with Gasteiger partial charge in [-0.1, -0.05) is 18.2 Å². The minimum atomic E-state index is -0.708. The Bertz CT molecular complexity index is 1440. The van der Waals surface area contributed by atoms with E-state index in [4.69, 9.17) is 4.99 Å². The lowest BCUT2D eigenvalue weighted by Gasteiger charge is -2.24. The summed E-state index contributed by atoms with van der Waals surface area (Å²) in [6, 6.07) is 10.9. The number of aromatic nitrogens is 2. The number of carbonyl (C=O) groups is 2. The van der Waals surface area contributed by atoms with Crippen LogP contribution in [0.5, 0.6) is 0 Å². The van der Waals surface area contributed by atoms with Crippen molar-refractivity contribution >= 4 is 28.6 Å². The van der Waals surface area contributed by atoms with Crippen LogP contribution in [0, 0.1) is 17.7 Å². The zero-order chi connectivity index (χ0) is 24.4. The van der Waals surface area contributed by atoms with E-state index >= 15 is 4.39 Å². The number of nitrogens with zero attached hydrogens (tertiary/aromatic N) is 5. The quantitative estimate of drug-likeness (QED) is 0.553. The number of fused-ring (bicyclic) bond motifs is 1. The number of likely N-dealkylation sites (tertiary alicyclic amines) is 1. The molecule has 182 valence electrons. The number of halogens is 1. The van der Waals surface area contributed by atoms with E-state index in [0.717, 1.165) is 47.8 Å². The van der Waals surface area contributed by atoms with E-state index in [0.29, 0.717) is 37.3 Å². The lowest BCUT2D eigenvalue weighted by Crippen LogP contribution is -2.41. The molecule has 1 atom stereocenters. The summed E-state index contributed by atoms with van der Waals surface area (Å²) < 4.78 is 15.6. The maximum atomic E-state index is 15.6. The van der Waals surface area contributed by atoms with Crippen molar-refractivity contribution in [3.05, 3.63) is 60.3 Å². The summed E-state index contributed by atoms with van der Waals surface area (Å²) >= 11 is 0. The summed E-state index contributed by atoms with van der Waals surface area (Å²) in [5.41, 5.74) is 2.03. The first kappa shape index (κ1) is 21.6. The molecule has 2 saturated carbocycles. The van der Waals surface area contributed by atoms with Crippen molar-refractivity contribution in [2.75, 3.05) is 19.6 Å². The van der Waals surface area contributed by atoms with E-state index < -0.39 is 11.4 Å². The highest BCUT2D eigenvalue weighted by Crippen LogP contribution is 2.46. The molecule has 0 unspecified atom stereocenters. The van der Waals surface area contributed by atoms with Gasteiger partial charge in [0.1, 0.15) is 23.5 Å². The van der Waals surface area contributed by atoms with Gasteiger partial charge in [0.15, 0.2) is 0 Å². The van der Waals surface area contributed by atoms with E-state index in [1.165, 1.54) is 12.4 Å². The maximum absolute atomic E-state index is 15.6. The van der Waals surface area contributed by atoms with Gasteiger partial charge >= 0.3 is 0 Å². The molecule has 0 bridgehead atoms. The van der Waals surface area contributed by atoms with Gasteiger partial charge in [-0.15, -0.1) is 0 Å². The topological polar surface area (TPSA) is 78.8 Å². The van der Waals surface area contributed by atoms with Crippen molar-refractivity contribution in [3.63, 3.8) is 0 Å². The highest BCUT2D eigenvalue weighted by molar-refractivity contribution is 6.16. The molecule has 4 aliphatic rings. The van der Waals surface area contributed by atoms with Gasteiger partial charge in [0.25, 0.3) is 5.91 Å². The number of carbonyl (C=O) groups excluding carboxylic acids is 2. The van der Waals surface area contributed by atoms with Crippen molar-refractivity contribution in [2.45, 2.75) is 37.6 Å². The fourth-order valence-electron chi connectivity index (χ4n) is 5.54. The van der Waals surface area contributed by atoms with Crippen molar-refractivity contribution < 1.29 is 14.0 Å². The van der Waals surface area contributed by atoms with Crippen LogP contribution in [0.2, 0.25) is 0 Å². The summed E-state index contributed by atoms with van der Waals surface area (Å²) in [4.78, 5) is 42.5. The molecule has 0 radical (unpaired) electrons. The molecule has 3 heterocycles. The number of benzene rings is 2. The Labute approximate surface area is 208 Å². The third-order valence-electron chi connectivity index (χ3n) is 7.96. The number of amides is 2. The number of rotatable bonds is 5. The molecule has 3 aromatic rings. The third-order valence-corrected chi connectivity index (χ3v) is 7.96. The van der Waals surface area contributed by atoms with Crippen molar-refractivity contribution in [1.82, 2.24) is 19.8 Å². The number of aliphatic imine (C=N–C) groups is 1. The van der Waals surface area contributed by atoms with Crippen LogP contribution in [-0.4, -0.2) is 62.6 Å². The van der Waals surface area contributed by atoms with Crippen LogP contribution in [0.1, 0.15) is 37.7 Å². The predicted molar refractivity (Wildman–Crippen MR) is 133 cm³/mol. The lowest BCUT2D eigenvalue weighted by atomic mass is 10.0. The smallest absolute Gasteiger partial charge is 0.256 e. The molecular formula is C28H26FN5O2. The Balaban J connectivity index is 1.15. The number of amidine groups is 1. The van der Waals surface area contributed by atoms with Crippen LogP contribution >= 0.6 is 0 Å². The standard InChI is InChI=1S/C28H26FN5O2/c29-23-11-19(20-3-4-21-13-30-16-31-24(21)12-20)5-6-22(23)25-32-28(8-9-28)27(36)34(25)15-17-7-10-33(14-17)26(35)18-1-2-18/h3-6,11-13,16-18H,1-2,7-10,14-15H2/t17-/m1/s1. The average Bonchev–Trinajstić information content (AvgIpc) is 3.82. The third kappa shape index (κ3) is 3.58. The van der Waals surface area contributed by atoms with Crippen molar-refractivity contribution in [1.29, 1.82) is 0 Å². The molecular weight excluding hydrogens is 457 g/mol. The largest absolute Gasteiger partial charge is 0.342 e. The van der Waals surface area contributed by atoms with Gasteiger partial charge in [0.2, 0.25) is 5.91 Å². The average molecular weight is 484 g/mol. The molecule has 2 aliphatic carbocycles. The molecule has 2 amide bonds. The van der Waals surface area contributed by atoms with Gasteiger partial charge in [0, 0.05) is 37.1 Å². The Morgan fingerprint density at radius 2 is 1.89 bits per heavy atom. The van der Waals surface area contributed by atoms with Gasteiger partial charge < -0.3 is 4.90 Å². The second-order valence-electron chi connectivity index (χ2n) is 10.6. The minimum absolute atomic E-state index is 0.0258. The molecule has 0 N–H and O–H groups in total. The highest BCUT2D eigenvalue weighted by atomic mass is 19.1. The summed E-state index contributed by atoms with van der Waals surface area (Å²) in [6.07, 6.45) is 7.51. The molecule has 2 aromatic carbocycles. The van der Waals surface area contributed by atoms with Crippen LogP contribution in [0.3, 0.4) is 0 Å². The van der Waals surface area contributed by atoms with Crippen LogP contribution in [0.25, 0.3) is 22.0 Å². The zero-order valence-corrected chi connectivity index (χ0v) is 19.9. The second kappa shape index (κ2) is 7.91. The fourth-order valence-corrected chi connectivity index (χ4v) is 5.54. The highest BCUT2D eigenvalue weighted by Gasteiger charge is 2.58. The molecule has 1 saturated heterocycles. The fraction of sp³-hybridized carbons (Fsp3) is 0.393. The summed E-state index contributed by atoms with van der Waals surface area (Å²) in [5, 5.41) is 0.923. The first-order valence-corrected chi connectivity index (χ1v) is 12.7. The Kier molecular flexibility index (Phi) is 4.75. The van der Waals surface area contributed by atoms with E-state index in [1.807, 2.05) is 29.2 Å². The van der Waals surface area contributed by atoms with Crippen LogP contribution in [0.15, 0.2) is 53.9 Å². The molecule has 7 nitrogen and oxygen atoms in total. The Hall–Kier alpha value is -3.68. The van der Waals surface area contributed by atoms with E-state index in [1.54, 1.807) is 17.2 Å². The number of hydrogen-bond donors (Lipinski definition) is 0. The van der Waals surface area contributed by atoms with Gasteiger partial charge in [0.05, 0.1) is 11.1 Å².